The maximum Gasteiger partial charge on any atom is 0.159 e. The van der Waals surface area contributed by atoms with Crippen molar-refractivity contribution in [1.82, 2.24) is 0 Å². The Morgan fingerprint density at radius 1 is 1.35 bits per heavy atom. The molecule has 3 nitrogen and oxygen atoms in total. The molecule has 1 rings (SSSR count). The zero-order chi connectivity index (χ0) is 13.1. The molecule has 1 aromatic rings. The number of ketones is 1. The van der Waals surface area contributed by atoms with E-state index in [4.69, 9.17) is 5.26 Å². The zero-order valence-electron chi connectivity index (χ0n) is 10.8. The minimum atomic E-state index is -0.0193. The Labute approximate surface area is 102 Å². The summed E-state index contributed by atoms with van der Waals surface area (Å²) in [5, 5.41) is 11.5. The summed E-state index contributed by atoms with van der Waals surface area (Å²) in [6.45, 7) is 8.09. The third-order valence-corrected chi connectivity index (χ3v) is 2.58. The van der Waals surface area contributed by atoms with Gasteiger partial charge in [-0.1, -0.05) is 20.8 Å². The quantitative estimate of drug-likeness (QED) is 0.641. The Kier molecular flexibility index (Phi) is 3.90. The van der Waals surface area contributed by atoms with Gasteiger partial charge in [0.15, 0.2) is 5.78 Å². The summed E-state index contributed by atoms with van der Waals surface area (Å²) in [4.78, 5) is 11.5. The molecule has 0 bridgehead atoms. The van der Waals surface area contributed by atoms with Gasteiger partial charge in [0.25, 0.3) is 0 Å². The van der Waals surface area contributed by atoms with Crippen LogP contribution in [0.3, 0.4) is 0 Å². The largest absolute Gasteiger partial charge is 0.372 e. The number of nitrogens with zero attached hydrogens (tertiary/aromatic N) is 1. The molecule has 0 saturated heterocycles. The lowest BCUT2D eigenvalue weighted by atomic mass is 9.85. The summed E-state index contributed by atoms with van der Waals surface area (Å²) in [6, 6.07) is 7.72. The van der Waals surface area contributed by atoms with Gasteiger partial charge in [0.05, 0.1) is 6.07 Å². The fourth-order valence-corrected chi connectivity index (χ4v) is 1.51. The topological polar surface area (TPSA) is 52.9 Å². The lowest BCUT2D eigenvalue weighted by molar-refractivity contribution is 0.101. The van der Waals surface area contributed by atoms with Crippen LogP contribution in [0, 0.1) is 11.3 Å². The molecule has 17 heavy (non-hydrogen) atoms. The highest BCUT2D eigenvalue weighted by atomic mass is 16.1. The average Bonchev–Trinajstić information content (AvgIpc) is 2.24. The molecule has 0 saturated carbocycles. The number of Topliss-reactive ketones (excluding diaryl/α,β-unsaturated/α-hetero) is 1. The van der Waals surface area contributed by atoms with Crippen molar-refractivity contribution in [3.63, 3.8) is 0 Å². The monoisotopic (exact) mass is 230 g/mol. The Morgan fingerprint density at radius 2 is 2.00 bits per heavy atom. The summed E-state index contributed by atoms with van der Waals surface area (Å²) in [5.74, 6) is 0.0381. The van der Waals surface area contributed by atoms with Crippen LogP contribution in [0.2, 0.25) is 0 Å². The van der Waals surface area contributed by atoms with Crippen molar-refractivity contribution in [2.24, 2.45) is 0 Å². The van der Waals surface area contributed by atoms with Crippen LogP contribution in [-0.4, -0.2) is 12.3 Å². The minimum absolute atomic E-state index is 0.0193. The van der Waals surface area contributed by atoms with Gasteiger partial charge in [-0.2, -0.15) is 5.26 Å². The van der Waals surface area contributed by atoms with E-state index in [1.165, 1.54) is 0 Å². The van der Waals surface area contributed by atoms with Crippen molar-refractivity contribution in [3.8, 4) is 6.07 Å². The van der Waals surface area contributed by atoms with Crippen LogP contribution in [0.5, 0.6) is 0 Å². The predicted molar refractivity (Wildman–Crippen MR) is 69.2 cm³/mol. The van der Waals surface area contributed by atoms with E-state index in [-0.39, 0.29) is 17.7 Å². The van der Waals surface area contributed by atoms with Gasteiger partial charge in [0, 0.05) is 11.3 Å². The number of nitrogens with one attached hydrogen (secondary N) is 1. The Balaban J connectivity index is 3.20. The Hall–Kier alpha value is -1.82. The molecule has 0 amide bonds. The third kappa shape index (κ3) is 3.60. The molecule has 3 heteroatoms. The van der Waals surface area contributed by atoms with E-state index in [1.54, 1.807) is 13.0 Å². The number of hydrogen-bond acceptors (Lipinski definition) is 3. The molecule has 1 N–H and O–H groups in total. The summed E-state index contributed by atoms with van der Waals surface area (Å²) in [6.07, 6.45) is 0. The van der Waals surface area contributed by atoms with Gasteiger partial charge in [0.1, 0.15) is 6.54 Å². The fourth-order valence-electron chi connectivity index (χ4n) is 1.51. The van der Waals surface area contributed by atoms with Crippen LogP contribution >= 0.6 is 0 Å². The van der Waals surface area contributed by atoms with E-state index in [2.05, 4.69) is 26.1 Å². The first-order chi connectivity index (χ1) is 7.84. The average molecular weight is 230 g/mol. The van der Waals surface area contributed by atoms with Gasteiger partial charge in [-0.25, -0.2) is 0 Å². The first-order valence-corrected chi connectivity index (χ1v) is 5.62. The van der Waals surface area contributed by atoms with Gasteiger partial charge in [-0.15, -0.1) is 0 Å². The molecule has 0 aliphatic rings. The number of anilines is 1. The van der Waals surface area contributed by atoms with Crippen LogP contribution in [0.15, 0.2) is 18.2 Å². The first kappa shape index (κ1) is 13.2. The lowest BCUT2D eigenvalue weighted by Crippen LogP contribution is -2.13. The minimum Gasteiger partial charge on any atom is -0.372 e. The van der Waals surface area contributed by atoms with E-state index < -0.39 is 0 Å². The molecule has 0 radical (unpaired) electrons. The number of nitriles is 1. The maximum atomic E-state index is 11.5. The van der Waals surface area contributed by atoms with Gasteiger partial charge in [-0.3, -0.25) is 4.79 Å². The van der Waals surface area contributed by atoms with Crippen molar-refractivity contribution in [2.45, 2.75) is 33.1 Å². The van der Waals surface area contributed by atoms with E-state index in [0.717, 1.165) is 11.3 Å². The van der Waals surface area contributed by atoms with Crippen molar-refractivity contribution in [2.75, 3.05) is 11.9 Å². The zero-order valence-corrected chi connectivity index (χ0v) is 10.8. The van der Waals surface area contributed by atoms with Crippen molar-refractivity contribution in [1.29, 1.82) is 5.26 Å². The normalized spacial score (nSPS) is 10.8. The molecular formula is C14H18N2O. The highest BCUT2D eigenvalue weighted by Crippen LogP contribution is 2.26. The molecule has 0 heterocycles. The van der Waals surface area contributed by atoms with E-state index in [0.29, 0.717) is 5.56 Å². The molecule has 0 fully saturated rings. The molecule has 1 aromatic carbocycles. The van der Waals surface area contributed by atoms with Crippen LogP contribution in [0.25, 0.3) is 0 Å². The second kappa shape index (κ2) is 5.01. The number of carbonyl (C=O) groups is 1. The van der Waals surface area contributed by atoms with Crippen LogP contribution < -0.4 is 5.32 Å². The molecule has 0 aliphatic heterocycles. The predicted octanol–water partition coefficient (Wildman–Crippen LogP) is 3.12. The van der Waals surface area contributed by atoms with E-state index in [9.17, 15) is 4.79 Å². The summed E-state index contributed by atoms with van der Waals surface area (Å²) in [7, 11) is 0. The number of benzene rings is 1. The third-order valence-electron chi connectivity index (χ3n) is 2.58. The molecule has 0 aliphatic carbocycles. The maximum absolute atomic E-state index is 11.5. The number of hydrogen-bond donors (Lipinski definition) is 1. The standard InChI is InChI=1S/C14H18N2O/c1-10(17)11-7-12(14(2,3)4)9-13(8-11)16-6-5-15/h7-9,16H,6H2,1-4H3. The van der Waals surface area contributed by atoms with Gasteiger partial charge < -0.3 is 5.32 Å². The van der Waals surface area contributed by atoms with Crippen molar-refractivity contribution < 1.29 is 4.79 Å². The van der Waals surface area contributed by atoms with Gasteiger partial charge in [-0.05, 0) is 36.1 Å². The molecule has 0 aromatic heterocycles. The van der Waals surface area contributed by atoms with Crippen molar-refractivity contribution >= 4 is 11.5 Å². The van der Waals surface area contributed by atoms with Crippen LogP contribution in [0.1, 0.15) is 43.6 Å². The molecule has 0 unspecified atom stereocenters. The van der Waals surface area contributed by atoms with E-state index >= 15 is 0 Å². The van der Waals surface area contributed by atoms with Crippen molar-refractivity contribution in [3.05, 3.63) is 29.3 Å². The molecule has 0 atom stereocenters. The summed E-state index contributed by atoms with van der Waals surface area (Å²) >= 11 is 0. The molecule has 90 valence electrons. The van der Waals surface area contributed by atoms with E-state index in [1.807, 2.05) is 18.2 Å². The SMILES string of the molecule is CC(=O)c1cc(NCC#N)cc(C(C)(C)C)c1. The Bertz CT molecular complexity index is 464. The smallest absolute Gasteiger partial charge is 0.159 e. The van der Waals surface area contributed by atoms with Gasteiger partial charge >= 0.3 is 0 Å². The molecular weight excluding hydrogens is 212 g/mol. The summed E-state index contributed by atoms with van der Waals surface area (Å²) in [5.41, 5.74) is 2.57. The summed E-state index contributed by atoms with van der Waals surface area (Å²) < 4.78 is 0. The first-order valence-electron chi connectivity index (χ1n) is 5.62. The fraction of sp³-hybridized carbons (Fsp3) is 0.429. The van der Waals surface area contributed by atoms with Gasteiger partial charge in [0.2, 0.25) is 0 Å². The second-order valence-corrected chi connectivity index (χ2v) is 5.12. The van der Waals surface area contributed by atoms with Crippen LogP contribution in [-0.2, 0) is 5.41 Å². The Morgan fingerprint density at radius 3 is 2.47 bits per heavy atom. The number of carbonyl (C=O) groups excluding carboxylic acids is 1. The number of rotatable bonds is 3. The second-order valence-electron chi connectivity index (χ2n) is 5.12. The lowest BCUT2D eigenvalue weighted by Gasteiger charge is -2.21. The highest BCUT2D eigenvalue weighted by molar-refractivity contribution is 5.95. The van der Waals surface area contributed by atoms with Crippen LogP contribution in [0.4, 0.5) is 5.69 Å². The highest BCUT2D eigenvalue weighted by Gasteiger charge is 2.16. The molecule has 0 spiro atoms.